The highest BCUT2D eigenvalue weighted by atomic mass is 79.9. The third kappa shape index (κ3) is 2.84. The Balaban J connectivity index is 1.63. The third-order valence-electron chi connectivity index (χ3n) is 5.04. The second-order valence-corrected chi connectivity index (χ2v) is 8.57. The van der Waals surface area contributed by atoms with E-state index in [-0.39, 0.29) is 18.0 Å². The van der Waals surface area contributed by atoms with E-state index in [4.69, 9.17) is 9.84 Å². The van der Waals surface area contributed by atoms with Crippen LogP contribution in [0.3, 0.4) is 0 Å². The van der Waals surface area contributed by atoms with Crippen molar-refractivity contribution in [3.63, 3.8) is 0 Å². The lowest BCUT2D eigenvalue weighted by Crippen LogP contribution is -2.33. The number of ether oxygens (including phenoxy) is 1. The number of phenolic OH excluding ortho intramolecular Hbond substituents is 1. The molecule has 3 aromatic rings. The van der Waals surface area contributed by atoms with Gasteiger partial charge >= 0.3 is 0 Å². The first-order chi connectivity index (χ1) is 13.1. The van der Waals surface area contributed by atoms with Gasteiger partial charge in [0, 0.05) is 27.6 Å². The maximum Gasteiger partial charge on any atom is 0.214 e. The summed E-state index contributed by atoms with van der Waals surface area (Å²) in [6.45, 7) is 2.02. The Hall–Kier alpha value is -2.31. The van der Waals surface area contributed by atoms with E-state index in [2.05, 4.69) is 38.8 Å². The van der Waals surface area contributed by atoms with Crippen molar-refractivity contribution in [2.45, 2.75) is 25.6 Å². The largest absolute Gasteiger partial charge is 0.507 e. The van der Waals surface area contributed by atoms with Crippen molar-refractivity contribution in [1.29, 1.82) is 0 Å². The lowest BCUT2D eigenvalue weighted by Gasteiger charge is -2.37. The predicted molar refractivity (Wildman–Crippen MR) is 110 cm³/mol. The molecule has 2 aliphatic rings. The number of thiophene rings is 1. The molecule has 1 aromatic heterocycles. The lowest BCUT2D eigenvalue weighted by molar-refractivity contribution is -0.0188. The number of hydrogen-bond acceptors (Lipinski definition) is 5. The first-order valence-corrected chi connectivity index (χ1v) is 10.5. The highest BCUT2D eigenvalue weighted by molar-refractivity contribution is 9.10. The molecule has 0 saturated carbocycles. The van der Waals surface area contributed by atoms with Crippen LogP contribution in [0.4, 0.5) is 0 Å². The Kier molecular flexibility index (Phi) is 3.98. The molecular formula is C21H17BrN2O2S. The van der Waals surface area contributed by atoms with Crippen molar-refractivity contribution >= 4 is 33.0 Å². The molecule has 0 unspecified atom stereocenters. The molecule has 0 radical (unpaired) electrons. The monoisotopic (exact) mass is 440 g/mol. The van der Waals surface area contributed by atoms with Gasteiger partial charge in [-0.05, 0) is 54.1 Å². The van der Waals surface area contributed by atoms with E-state index in [1.54, 1.807) is 17.4 Å². The summed E-state index contributed by atoms with van der Waals surface area (Å²) in [5.74, 6) is 1.15. The van der Waals surface area contributed by atoms with Crippen LogP contribution in [0.25, 0.3) is 0 Å². The molecular weight excluding hydrogens is 424 g/mol. The topological polar surface area (TPSA) is 45.1 Å². The zero-order chi connectivity index (χ0) is 18.5. The fraction of sp³-hybridized carbons (Fsp3) is 0.190. The van der Waals surface area contributed by atoms with Crippen molar-refractivity contribution < 1.29 is 9.84 Å². The van der Waals surface area contributed by atoms with Crippen LogP contribution in [0.5, 0.6) is 11.5 Å². The zero-order valence-electron chi connectivity index (χ0n) is 14.6. The summed E-state index contributed by atoms with van der Waals surface area (Å²) in [5.41, 5.74) is 4.99. The van der Waals surface area contributed by atoms with E-state index >= 15 is 0 Å². The SMILES string of the molecule is Cc1ccc(O)c(C2=NN3[C@H](C2)c2cc(Br)ccc2O[C@@H]3c2ccsc2)c1. The molecule has 5 rings (SSSR count). The Morgan fingerprint density at radius 1 is 1.22 bits per heavy atom. The number of hydrogen-bond donors (Lipinski definition) is 1. The summed E-state index contributed by atoms with van der Waals surface area (Å²) in [6.07, 6.45) is 0.462. The lowest BCUT2D eigenvalue weighted by atomic mass is 9.95. The quantitative estimate of drug-likeness (QED) is 0.550. The summed E-state index contributed by atoms with van der Waals surface area (Å²) >= 11 is 5.22. The van der Waals surface area contributed by atoms with Crippen LogP contribution >= 0.6 is 27.3 Å². The standard InChI is InChI=1S/C21H17BrN2O2S/c1-12-2-4-19(25)15(8-12)17-10-18-16-9-14(22)3-5-20(16)26-21(24(18)23-17)13-6-7-27-11-13/h2-9,11,18,21,25H,10H2,1H3/t18-,21-/m1/s1. The average Bonchev–Trinajstić information content (AvgIpc) is 3.33. The smallest absolute Gasteiger partial charge is 0.214 e. The van der Waals surface area contributed by atoms with Gasteiger partial charge in [0.25, 0.3) is 0 Å². The second-order valence-electron chi connectivity index (χ2n) is 6.88. The molecule has 0 bridgehead atoms. The Labute approximate surface area is 169 Å². The highest BCUT2D eigenvalue weighted by Crippen LogP contribution is 2.48. The Morgan fingerprint density at radius 3 is 2.93 bits per heavy atom. The van der Waals surface area contributed by atoms with Crippen molar-refractivity contribution in [3.05, 3.63) is 80.0 Å². The van der Waals surface area contributed by atoms with Crippen LogP contribution in [0, 0.1) is 6.92 Å². The number of halogens is 1. The summed E-state index contributed by atoms with van der Waals surface area (Å²) < 4.78 is 7.34. The van der Waals surface area contributed by atoms with Gasteiger partial charge in [-0.2, -0.15) is 16.4 Å². The van der Waals surface area contributed by atoms with Crippen molar-refractivity contribution in [1.82, 2.24) is 5.01 Å². The van der Waals surface area contributed by atoms with E-state index in [1.165, 1.54) is 0 Å². The van der Waals surface area contributed by atoms with Gasteiger partial charge in [-0.1, -0.05) is 27.6 Å². The number of benzene rings is 2. The first kappa shape index (κ1) is 16.8. The van der Waals surface area contributed by atoms with Gasteiger partial charge in [-0.25, -0.2) is 5.01 Å². The first-order valence-electron chi connectivity index (χ1n) is 8.74. The summed E-state index contributed by atoms with van der Waals surface area (Å²) in [5, 5.41) is 21.5. The van der Waals surface area contributed by atoms with Gasteiger partial charge in [0.05, 0.1) is 11.8 Å². The molecule has 4 nitrogen and oxygen atoms in total. The molecule has 0 spiro atoms. The average molecular weight is 441 g/mol. The van der Waals surface area contributed by atoms with Crippen molar-refractivity contribution in [2.24, 2.45) is 5.10 Å². The van der Waals surface area contributed by atoms with Gasteiger partial charge < -0.3 is 9.84 Å². The molecule has 2 aliphatic heterocycles. The summed E-state index contributed by atoms with van der Waals surface area (Å²) in [4.78, 5) is 0. The number of aromatic hydroxyl groups is 1. The van der Waals surface area contributed by atoms with E-state index in [9.17, 15) is 5.11 Å². The number of nitrogens with zero attached hydrogens (tertiary/aromatic N) is 2. The number of rotatable bonds is 2. The second kappa shape index (κ2) is 6.39. The molecule has 136 valence electrons. The predicted octanol–water partition coefficient (Wildman–Crippen LogP) is 5.77. The van der Waals surface area contributed by atoms with Gasteiger partial charge in [-0.3, -0.25) is 0 Å². The molecule has 0 fully saturated rings. The van der Waals surface area contributed by atoms with Crippen molar-refractivity contribution in [3.8, 4) is 11.5 Å². The summed E-state index contributed by atoms with van der Waals surface area (Å²) in [7, 11) is 0. The van der Waals surface area contributed by atoms with Crippen molar-refractivity contribution in [2.75, 3.05) is 0 Å². The van der Waals surface area contributed by atoms with Crippen LogP contribution in [-0.2, 0) is 0 Å². The normalized spacial score (nSPS) is 20.7. The molecule has 2 aromatic carbocycles. The minimum absolute atomic E-state index is 0.0751. The van der Waals surface area contributed by atoms with Crippen LogP contribution in [-0.4, -0.2) is 15.8 Å². The summed E-state index contributed by atoms with van der Waals surface area (Å²) in [6, 6.07) is 13.9. The molecule has 1 N–H and O–H groups in total. The van der Waals surface area contributed by atoms with Gasteiger partial charge in [0.2, 0.25) is 6.23 Å². The Bertz CT molecular complexity index is 1050. The maximum absolute atomic E-state index is 10.4. The number of phenols is 1. The van der Waals surface area contributed by atoms with Gasteiger partial charge in [-0.15, -0.1) is 0 Å². The molecule has 0 saturated heterocycles. The van der Waals surface area contributed by atoms with Crippen LogP contribution in [0.1, 0.15) is 40.9 Å². The molecule has 3 heterocycles. The van der Waals surface area contributed by atoms with E-state index in [0.29, 0.717) is 0 Å². The van der Waals surface area contributed by atoms with E-state index < -0.39 is 0 Å². The van der Waals surface area contributed by atoms with Crippen LogP contribution < -0.4 is 4.74 Å². The highest BCUT2D eigenvalue weighted by Gasteiger charge is 2.41. The Morgan fingerprint density at radius 2 is 2.11 bits per heavy atom. The molecule has 0 amide bonds. The number of hydrazone groups is 1. The number of fused-ring (bicyclic) bond motifs is 3. The molecule has 27 heavy (non-hydrogen) atoms. The third-order valence-corrected chi connectivity index (χ3v) is 6.24. The molecule has 6 heteroatoms. The van der Waals surface area contributed by atoms with Crippen LogP contribution in [0.15, 0.2) is 62.8 Å². The van der Waals surface area contributed by atoms with Crippen LogP contribution in [0.2, 0.25) is 0 Å². The fourth-order valence-corrected chi connectivity index (χ4v) is 4.78. The van der Waals surface area contributed by atoms with E-state index in [0.717, 1.165) is 44.6 Å². The molecule has 2 atom stereocenters. The minimum atomic E-state index is -0.264. The number of aryl methyl sites for hydroxylation is 1. The minimum Gasteiger partial charge on any atom is -0.507 e. The van der Waals surface area contributed by atoms with Gasteiger partial charge in [0.1, 0.15) is 11.5 Å². The maximum atomic E-state index is 10.4. The fourth-order valence-electron chi connectivity index (χ4n) is 3.74. The molecule has 0 aliphatic carbocycles. The van der Waals surface area contributed by atoms with E-state index in [1.807, 2.05) is 36.2 Å². The van der Waals surface area contributed by atoms with Gasteiger partial charge in [0.15, 0.2) is 0 Å². The zero-order valence-corrected chi connectivity index (χ0v) is 17.0.